The molecule has 6 nitrogen and oxygen atoms in total. The third-order valence-electron chi connectivity index (χ3n) is 3.33. The zero-order chi connectivity index (χ0) is 18.4. The van der Waals surface area contributed by atoms with Gasteiger partial charge in [-0.25, -0.2) is 5.43 Å². The van der Waals surface area contributed by atoms with Crippen molar-refractivity contribution in [2.24, 2.45) is 5.10 Å². The summed E-state index contributed by atoms with van der Waals surface area (Å²) in [5.74, 6) is 0.559. The van der Waals surface area contributed by atoms with E-state index in [-0.39, 0.29) is 11.7 Å². The molecule has 0 spiro atoms. The van der Waals surface area contributed by atoms with Gasteiger partial charge in [0.2, 0.25) is 0 Å². The summed E-state index contributed by atoms with van der Waals surface area (Å²) in [6, 6.07) is 10.7. The van der Waals surface area contributed by atoms with Crippen molar-refractivity contribution < 1.29 is 19.4 Å². The molecule has 2 aromatic carbocycles. The maximum atomic E-state index is 12.0. The Morgan fingerprint density at radius 1 is 1.36 bits per heavy atom. The predicted molar refractivity (Wildman–Crippen MR) is 99.4 cm³/mol. The second-order valence-corrected chi connectivity index (χ2v) is 6.22. The number of hydrogen-bond donors (Lipinski definition) is 2. The van der Waals surface area contributed by atoms with E-state index >= 15 is 0 Å². The van der Waals surface area contributed by atoms with Gasteiger partial charge in [-0.15, -0.1) is 0 Å². The molecule has 2 N–H and O–H groups in total. The van der Waals surface area contributed by atoms with Crippen LogP contribution in [0.4, 0.5) is 0 Å². The zero-order valence-electron chi connectivity index (χ0n) is 14.1. The number of aryl methyl sites for hydroxylation is 1. The highest BCUT2D eigenvalue weighted by atomic mass is 79.9. The molecule has 1 amide bonds. The number of methoxy groups -OCH3 is 1. The number of halogens is 1. The van der Waals surface area contributed by atoms with Gasteiger partial charge in [-0.05, 0) is 65.2 Å². The van der Waals surface area contributed by atoms with Gasteiger partial charge in [-0.3, -0.25) is 4.79 Å². The monoisotopic (exact) mass is 406 g/mol. The number of ether oxygens (including phenoxy) is 2. The first-order valence-electron chi connectivity index (χ1n) is 7.53. The van der Waals surface area contributed by atoms with Crippen LogP contribution in [0.2, 0.25) is 0 Å². The molecule has 0 saturated carbocycles. The van der Waals surface area contributed by atoms with Crippen molar-refractivity contribution in [3.05, 3.63) is 52.0 Å². The largest absolute Gasteiger partial charge is 0.503 e. The van der Waals surface area contributed by atoms with Crippen LogP contribution in [0.5, 0.6) is 17.2 Å². The SMILES string of the molecule is COc1cc(C=NNC(=O)C(C)Oc2cccc(C)c2)cc(Br)c1O. The lowest BCUT2D eigenvalue weighted by Crippen LogP contribution is -2.33. The van der Waals surface area contributed by atoms with E-state index in [1.807, 2.05) is 25.1 Å². The van der Waals surface area contributed by atoms with Crippen molar-refractivity contribution in [2.45, 2.75) is 20.0 Å². The second-order valence-electron chi connectivity index (χ2n) is 5.36. The molecule has 0 heterocycles. The molecule has 0 aliphatic rings. The van der Waals surface area contributed by atoms with Crippen LogP contribution in [-0.2, 0) is 4.79 Å². The van der Waals surface area contributed by atoms with Gasteiger partial charge in [0.15, 0.2) is 17.6 Å². The van der Waals surface area contributed by atoms with Gasteiger partial charge in [0.1, 0.15) is 5.75 Å². The highest BCUT2D eigenvalue weighted by molar-refractivity contribution is 9.10. The molecule has 0 aliphatic heterocycles. The van der Waals surface area contributed by atoms with E-state index in [0.29, 0.717) is 21.5 Å². The standard InChI is InChI=1S/C18H19BrN2O4/c1-11-5-4-6-14(7-11)25-12(2)18(23)21-20-10-13-8-15(19)17(22)16(9-13)24-3/h4-10,12,22H,1-3H3,(H,21,23). The van der Waals surface area contributed by atoms with Crippen LogP contribution in [0.1, 0.15) is 18.1 Å². The Hall–Kier alpha value is -2.54. The summed E-state index contributed by atoms with van der Waals surface area (Å²) in [6.45, 7) is 3.60. The maximum absolute atomic E-state index is 12.0. The smallest absolute Gasteiger partial charge is 0.280 e. The van der Waals surface area contributed by atoms with Crippen LogP contribution in [0, 0.1) is 6.92 Å². The van der Waals surface area contributed by atoms with Gasteiger partial charge in [0.05, 0.1) is 17.8 Å². The first-order chi connectivity index (χ1) is 11.9. The predicted octanol–water partition coefficient (Wildman–Crippen LogP) is 3.39. The Kier molecular flexibility index (Phi) is 6.41. The van der Waals surface area contributed by atoms with Gasteiger partial charge in [0.25, 0.3) is 5.91 Å². The van der Waals surface area contributed by atoms with E-state index in [9.17, 15) is 9.90 Å². The van der Waals surface area contributed by atoms with Gasteiger partial charge >= 0.3 is 0 Å². The van der Waals surface area contributed by atoms with Crippen LogP contribution >= 0.6 is 15.9 Å². The van der Waals surface area contributed by atoms with Crippen LogP contribution in [0.15, 0.2) is 46.0 Å². The average molecular weight is 407 g/mol. The van der Waals surface area contributed by atoms with E-state index in [2.05, 4.69) is 26.5 Å². The molecule has 7 heteroatoms. The Morgan fingerprint density at radius 2 is 2.12 bits per heavy atom. The highest BCUT2D eigenvalue weighted by Gasteiger charge is 2.14. The van der Waals surface area contributed by atoms with Crippen LogP contribution in [-0.4, -0.2) is 30.4 Å². The molecule has 2 rings (SSSR count). The number of amides is 1. The summed E-state index contributed by atoms with van der Waals surface area (Å²) in [5, 5.41) is 13.7. The van der Waals surface area contributed by atoms with Crippen LogP contribution in [0.3, 0.4) is 0 Å². The van der Waals surface area contributed by atoms with Crippen molar-refractivity contribution in [2.75, 3.05) is 7.11 Å². The topological polar surface area (TPSA) is 80.2 Å². The van der Waals surface area contributed by atoms with Gasteiger partial charge < -0.3 is 14.6 Å². The van der Waals surface area contributed by atoms with E-state index in [1.165, 1.54) is 13.3 Å². The Morgan fingerprint density at radius 3 is 2.80 bits per heavy atom. The Balaban J connectivity index is 1.97. The molecule has 0 aliphatic carbocycles. The van der Waals surface area contributed by atoms with Crippen molar-refractivity contribution in [3.8, 4) is 17.2 Å². The van der Waals surface area contributed by atoms with Gasteiger partial charge in [0, 0.05) is 0 Å². The van der Waals surface area contributed by atoms with Gasteiger partial charge in [-0.1, -0.05) is 12.1 Å². The molecule has 0 radical (unpaired) electrons. The molecule has 0 bridgehead atoms. The van der Waals surface area contributed by atoms with Crippen molar-refractivity contribution >= 4 is 28.1 Å². The lowest BCUT2D eigenvalue weighted by Gasteiger charge is -2.13. The fourth-order valence-corrected chi connectivity index (χ4v) is 2.49. The van der Waals surface area contributed by atoms with Crippen molar-refractivity contribution in [3.63, 3.8) is 0 Å². The number of phenolic OH excluding ortho intramolecular Hbond substituents is 1. The van der Waals surface area contributed by atoms with E-state index in [1.54, 1.807) is 25.1 Å². The molecule has 132 valence electrons. The number of nitrogens with one attached hydrogen (secondary N) is 1. The summed E-state index contributed by atoms with van der Waals surface area (Å²) in [5.41, 5.74) is 4.12. The molecule has 2 aromatic rings. The first kappa shape index (κ1) is 18.8. The molecule has 0 aromatic heterocycles. The van der Waals surface area contributed by atoms with Crippen LogP contribution in [0.25, 0.3) is 0 Å². The molecular formula is C18H19BrN2O4. The maximum Gasteiger partial charge on any atom is 0.280 e. The molecule has 25 heavy (non-hydrogen) atoms. The molecule has 1 atom stereocenters. The summed E-state index contributed by atoms with van der Waals surface area (Å²) >= 11 is 3.23. The second kappa shape index (κ2) is 8.53. The lowest BCUT2D eigenvalue weighted by molar-refractivity contribution is -0.127. The molecule has 1 unspecified atom stereocenters. The summed E-state index contributed by atoms with van der Waals surface area (Å²) in [6.07, 6.45) is 0.754. The van der Waals surface area contributed by atoms with E-state index in [0.717, 1.165) is 5.56 Å². The Labute approximate surface area is 154 Å². The zero-order valence-corrected chi connectivity index (χ0v) is 15.7. The minimum atomic E-state index is -0.694. The number of carbonyl (C=O) groups excluding carboxylic acids is 1. The molecular weight excluding hydrogens is 388 g/mol. The highest BCUT2D eigenvalue weighted by Crippen LogP contribution is 2.34. The number of rotatable bonds is 6. The third kappa shape index (κ3) is 5.22. The number of nitrogens with zero attached hydrogens (tertiary/aromatic N) is 1. The summed E-state index contributed by atoms with van der Waals surface area (Å²) < 4.78 is 11.1. The van der Waals surface area contributed by atoms with Crippen molar-refractivity contribution in [1.29, 1.82) is 0 Å². The fraction of sp³-hybridized carbons (Fsp3) is 0.222. The number of hydrogen-bond acceptors (Lipinski definition) is 5. The van der Waals surface area contributed by atoms with Gasteiger partial charge in [-0.2, -0.15) is 5.10 Å². The third-order valence-corrected chi connectivity index (χ3v) is 3.94. The number of carbonyl (C=O) groups is 1. The van der Waals surface area contributed by atoms with Crippen LogP contribution < -0.4 is 14.9 Å². The minimum Gasteiger partial charge on any atom is -0.503 e. The first-order valence-corrected chi connectivity index (χ1v) is 8.32. The fourth-order valence-electron chi connectivity index (χ4n) is 2.03. The number of phenols is 1. The number of benzene rings is 2. The minimum absolute atomic E-state index is 0.00358. The Bertz CT molecular complexity index is 793. The normalized spacial score (nSPS) is 12.0. The number of hydrazone groups is 1. The lowest BCUT2D eigenvalue weighted by atomic mass is 10.2. The average Bonchev–Trinajstić information content (AvgIpc) is 2.57. The van der Waals surface area contributed by atoms with Crippen molar-refractivity contribution in [1.82, 2.24) is 5.43 Å². The van der Waals surface area contributed by atoms with E-state index in [4.69, 9.17) is 9.47 Å². The van der Waals surface area contributed by atoms with E-state index < -0.39 is 6.10 Å². The molecule has 0 saturated heterocycles. The summed E-state index contributed by atoms with van der Waals surface area (Å²) in [4.78, 5) is 12.0. The summed E-state index contributed by atoms with van der Waals surface area (Å²) in [7, 11) is 1.45. The quantitative estimate of drug-likeness (QED) is 0.568. The number of aromatic hydroxyl groups is 1. The molecule has 0 fully saturated rings.